The highest BCUT2D eigenvalue weighted by Crippen LogP contribution is 2.25. The fourth-order valence-corrected chi connectivity index (χ4v) is 3.00. The molecule has 3 aromatic rings. The summed E-state index contributed by atoms with van der Waals surface area (Å²) in [6, 6.07) is 7.54. The first-order valence-electron chi connectivity index (χ1n) is 10.4. The Morgan fingerprint density at radius 1 is 1.18 bits per heavy atom. The lowest BCUT2D eigenvalue weighted by atomic mass is 10.1. The summed E-state index contributed by atoms with van der Waals surface area (Å²) in [6.07, 6.45) is 3.98. The van der Waals surface area contributed by atoms with Crippen LogP contribution in [0.1, 0.15) is 17.5 Å². The second kappa shape index (κ2) is 11.1. The minimum Gasteiger partial charge on any atom is -0.480 e. The standard InChI is InChI=1S/C22H29N7O4/c1-28(2)10-4-5-17(30)24-13-15-6-8-16(9-7-15)14-29-20-18(25-22(29)31)19(23)26-21(27-20)33-12-11-32-3/h4,6-10H,5,11-14H2,1-3H3,(H,24,30)(H,25,31)(H2,23,26,27)/b10-4+. The van der Waals surface area contributed by atoms with E-state index in [-0.39, 0.29) is 30.4 Å². The molecule has 1 aromatic carbocycles. The molecule has 0 aliphatic carbocycles. The van der Waals surface area contributed by atoms with E-state index in [1.807, 2.05) is 55.5 Å². The number of imidazole rings is 1. The lowest BCUT2D eigenvalue weighted by molar-refractivity contribution is -0.120. The number of nitrogen functional groups attached to an aromatic ring is 1. The fourth-order valence-electron chi connectivity index (χ4n) is 3.00. The van der Waals surface area contributed by atoms with Crippen LogP contribution in [-0.4, -0.2) is 69.9 Å². The molecule has 0 aliphatic heterocycles. The maximum absolute atomic E-state index is 11.9. The molecule has 0 saturated heterocycles. The Kier molecular flexibility index (Phi) is 8.03. The summed E-state index contributed by atoms with van der Waals surface area (Å²) in [6.45, 7) is 1.40. The first-order valence-corrected chi connectivity index (χ1v) is 10.4. The van der Waals surface area contributed by atoms with Crippen LogP contribution in [-0.2, 0) is 22.6 Å². The van der Waals surface area contributed by atoms with Crippen molar-refractivity contribution in [3.8, 4) is 12.0 Å². The molecule has 3 rings (SSSR count). The number of ether oxygens (including phenoxy) is 2. The Bertz CT molecular complexity index is 1110. The summed E-state index contributed by atoms with van der Waals surface area (Å²) in [7, 11) is 5.37. The van der Waals surface area contributed by atoms with E-state index in [0.29, 0.717) is 37.3 Å². The molecule has 2 heterocycles. The summed E-state index contributed by atoms with van der Waals surface area (Å²) in [5, 5.41) is 13.2. The van der Waals surface area contributed by atoms with Crippen LogP contribution in [0.3, 0.4) is 0 Å². The zero-order chi connectivity index (χ0) is 23.8. The zero-order valence-electron chi connectivity index (χ0n) is 19.0. The van der Waals surface area contributed by atoms with E-state index >= 15 is 0 Å². The van der Waals surface area contributed by atoms with Crippen LogP contribution in [0.2, 0.25) is 0 Å². The maximum Gasteiger partial charge on any atom is 0.320 e. The molecule has 1 amide bonds. The lowest BCUT2D eigenvalue weighted by Crippen LogP contribution is -2.21. The Hall–Kier alpha value is -3.86. The van der Waals surface area contributed by atoms with Crippen LogP contribution < -0.4 is 15.8 Å². The van der Waals surface area contributed by atoms with Crippen molar-refractivity contribution in [2.45, 2.75) is 19.5 Å². The highest BCUT2D eigenvalue weighted by molar-refractivity contribution is 5.83. The van der Waals surface area contributed by atoms with Crippen molar-refractivity contribution in [2.75, 3.05) is 40.2 Å². The number of methoxy groups -OCH3 is 1. The number of aromatic hydroxyl groups is 1. The molecule has 0 radical (unpaired) electrons. The Labute approximate surface area is 191 Å². The van der Waals surface area contributed by atoms with Crippen molar-refractivity contribution < 1.29 is 19.4 Å². The van der Waals surface area contributed by atoms with Gasteiger partial charge in [-0.15, -0.1) is 0 Å². The smallest absolute Gasteiger partial charge is 0.320 e. The molecule has 2 aromatic heterocycles. The number of nitrogens with zero attached hydrogens (tertiary/aromatic N) is 5. The number of anilines is 1. The number of hydrogen-bond donors (Lipinski definition) is 3. The molecule has 4 N–H and O–H groups in total. The second-order valence-electron chi connectivity index (χ2n) is 7.55. The van der Waals surface area contributed by atoms with Crippen LogP contribution >= 0.6 is 0 Å². The average Bonchev–Trinajstić information content (AvgIpc) is 3.09. The number of carbonyl (C=O) groups is 1. The van der Waals surface area contributed by atoms with Crippen LogP contribution in [0.25, 0.3) is 11.2 Å². The van der Waals surface area contributed by atoms with E-state index in [1.54, 1.807) is 7.11 Å². The number of hydrogen-bond acceptors (Lipinski definition) is 9. The molecule has 33 heavy (non-hydrogen) atoms. The third-order valence-corrected chi connectivity index (χ3v) is 4.66. The van der Waals surface area contributed by atoms with Gasteiger partial charge >= 0.3 is 6.01 Å². The van der Waals surface area contributed by atoms with Gasteiger partial charge in [-0.2, -0.15) is 15.0 Å². The molecule has 0 atom stereocenters. The van der Waals surface area contributed by atoms with Crippen LogP contribution in [0.5, 0.6) is 12.0 Å². The minimum absolute atomic E-state index is 0.0484. The molecular weight excluding hydrogens is 426 g/mol. The fraction of sp³-hybridized carbons (Fsp3) is 0.364. The molecule has 0 unspecified atom stereocenters. The van der Waals surface area contributed by atoms with Crippen molar-refractivity contribution in [2.24, 2.45) is 0 Å². The number of carbonyl (C=O) groups excluding carboxylic acids is 1. The molecule has 0 saturated carbocycles. The molecule has 11 heteroatoms. The predicted octanol–water partition coefficient (Wildman–Crippen LogP) is 1.27. The van der Waals surface area contributed by atoms with Crippen molar-refractivity contribution in [1.82, 2.24) is 29.7 Å². The van der Waals surface area contributed by atoms with Gasteiger partial charge in [0.05, 0.1) is 13.2 Å². The summed E-state index contributed by atoms with van der Waals surface area (Å²) in [5.74, 6) is 0.0701. The zero-order valence-corrected chi connectivity index (χ0v) is 19.0. The van der Waals surface area contributed by atoms with E-state index in [4.69, 9.17) is 15.2 Å². The van der Waals surface area contributed by atoms with Gasteiger partial charge < -0.3 is 30.5 Å². The van der Waals surface area contributed by atoms with Gasteiger partial charge in [-0.25, -0.2) is 0 Å². The first kappa shape index (κ1) is 23.8. The Morgan fingerprint density at radius 2 is 1.91 bits per heavy atom. The van der Waals surface area contributed by atoms with Gasteiger partial charge in [0.15, 0.2) is 17.0 Å². The van der Waals surface area contributed by atoms with Crippen LogP contribution in [0.15, 0.2) is 36.5 Å². The van der Waals surface area contributed by atoms with Gasteiger partial charge in [-0.05, 0) is 17.3 Å². The molecule has 0 spiro atoms. The van der Waals surface area contributed by atoms with E-state index < -0.39 is 0 Å². The van der Waals surface area contributed by atoms with Crippen LogP contribution in [0, 0.1) is 0 Å². The minimum atomic E-state index is -0.220. The largest absolute Gasteiger partial charge is 0.480 e. The number of amides is 1. The summed E-state index contributed by atoms with van der Waals surface area (Å²) >= 11 is 0. The monoisotopic (exact) mass is 455 g/mol. The highest BCUT2D eigenvalue weighted by Gasteiger charge is 2.17. The number of aromatic nitrogens is 4. The molecule has 0 aliphatic rings. The topological polar surface area (TPSA) is 141 Å². The number of fused-ring (bicyclic) bond motifs is 1. The highest BCUT2D eigenvalue weighted by atomic mass is 16.5. The number of rotatable bonds is 11. The van der Waals surface area contributed by atoms with Crippen molar-refractivity contribution in [3.05, 3.63) is 47.7 Å². The van der Waals surface area contributed by atoms with E-state index in [9.17, 15) is 9.90 Å². The van der Waals surface area contributed by atoms with Gasteiger partial charge in [0.25, 0.3) is 6.01 Å². The molecule has 176 valence electrons. The van der Waals surface area contributed by atoms with Crippen molar-refractivity contribution >= 4 is 22.9 Å². The van der Waals surface area contributed by atoms with Gasteiger partial charge in [0, 0.05) is 34.2 Å². The second-order valence-corrected chi connectivity index (χ2v) is 7.55. The summed E-state index contributed by atoms with van der Waals surface area (Å²) < 4.78 is 11.9. The molecule has 0 fully saturated rings. The van der Waals surface area contributed by atoms with Gasteiger partial charge in [0.1, 0.15) is 6.61 Å². The molecular formula is C22H29N7O4. The number of benzene rings is 1. The summed E-state index contributed by atoms with van der Waals surface area (Å²) in [4.78, 5) is 26.3. The third kappa shape index (κ3) is 6.56. The molecule has 0 bridgehead atoms. The normalized spacial score (nSPS) is 11.2. The van der Waals surface area contributed by atoms with Gasteiger partial charge in [-0.3, -0.25) is 9.36 Å². The first-order chi connectivity index (χ1) is 15.9. The average molecular weight is 456 g/mol. The number of nitrogens with one attached hydrogen (secondary N) is 1. The summed E-state index contributed by atoms with van der Waals surface area (Å²) in [5.41, 5.74) is 8.51. The van der Waals surface area contributed by atoms with E-state index in [1.165, 1.54) is 4.57 Å². The third-order valence-electron chi connectivity index (χ3n) is 4.66. The predicted molar refractivity (Wildman–Crippen MR) is 124 cm³/mol. The van der Waals surface area contributed by atoms with Crippen LogP contribution in [0.4, 0.5) is 5.82 Å². The van der Waals surface area contributed by atoms with E-state index in [0.717, 1.165) is 11.1 Å². The SMILES string of the molecule is COCCOc1nc(N)c2nc(O)n(Cc3ccc(CNC(=O)C/C=C/N(C)C)cc3)c2n1. The number of nitrogens with two attached hydrogens (primary N) is 1. The van der Waals surface area contributed by atoms with Gasteiger partial charge in [-0.1, -0.05) is 30.3 Å². The lowest BCUT2D eigenvalue weighted by Gasteiger charge is -2.09. The van der Waals surface area contributed by atoms with Crippen molar-refractivity contribution in [3.63, 3.8) is 0 Å². The maximum atomic E-state index is 11.9. The molecule has 11 nitrogen and oxygen atoms in total. The van der Waals surface area contributed by atoms with E-state index in [2.05, 4.69) is 20.3 Å². The Balaban J connectivity index is 1.67. The Morgan fingerprint density at radius 3 is 2.61 bits per heavy atom. The quantitative estimate of drug-likeness (QED) is 0.365. The van der Waals surface area contributed by atoms with Gasteiger partial charge in [0.2, 0.25) is 5.91 Å². The van der Waals surface area contributed by atoms with Crippen molar-refractivity contribution in [1.29, 1.82) is 0 Å².